The minimum atomic E-state index is -0.314. The van der Waals surface area contributed by atoms with Gasteiger partial charge in [0.05, 0.1) is 11.6 Å². The van der Waals surface area contributed by atoms with Crippen LogP contribution in [0.2, 0.25) is 0 Å². The van der Waals surface area contributed by atoms with E-state index in [-0.39, 0.29) is 11.6 Å². The third-order valence-corrected chi connectivity index (χ3v) is 4.37. The fraction of sp³-hybridized carbons (Fsp3) is 0.800. The van der Waals surface area contributed by atoms with Crippen LogP contribution >= 0.6 is 11.8 Å². The van der Waals surface area contributed by atoms with Gasteiger partial charge in [-0.2, -0.15) is 16.7 Å². The summed E-state index contributed by atoms with van der Waals surface area (Å²) in [6.07, 6.45) is 1.92. The highest BCUT2D eigenvalue weighted by Crippen LogP contribution is 2.42. The van der Waals surface area contributed by atoms with Crippen LogP contribution in [0.4, 0.5) is 0 Å². The lowest BCUT2D eigenvalue weighted by Gasteiger charge is -2.29. The molecule has 1 aliphatic heterocycles. The van der Waals surface area contributed by atoms with Gasteiger partial charge in [-0.25, -0.2) is 0 Å². The van der Waals surface area contributed by atoms with Crippen LogP contribution in [0.25, 0.3) is 0 Å². The van der Waals surface area contributed by atoms with E-state index in [1.54, 1.807) is 0 Å². The third kappa shape index (κ3) is 1.74. The number of hydrogen-bond acceptors (Lipinski definition) is 6. The van der Waals surface area contributed by atoms with E-state index in [0.717, 1.165) is 31.0 Å². The highest BCUT2D eigenvalue weighted by molar-refractivity contribution is 7.99. The lowest BCUT2D eigenvalue weighted by molar-refractivity contribution is 0.255. The predicted molar refractivity (Wildman–Crippen MR) is 62.1 cm³/mol. The van der Waals surface area contributed by atoms with E-state index < -0.39 is 0 Å². The van der Waals surface area contributed by atoms with Crippen LogP contribution in [0.3, 0.4) is 0 Å². The Hall–Kier alpha value is -0.590. The van der Waals surface area contributed by atoms with E-state index in [9.17, 15) is 0 Å². The van der Waals surface area contributed by atoms with Crippen LogP contribution in [0, 0.1) is 0 Å². The minimum Gasteiger partial charge on any atom is -0.337 e. The van der Waals surface area contributed by atoms with Crippen molar-refractivity contribution in [3.63, 3.8) is 0 Å². The standard InChI is InChI=1S/C10H16N4OS/c1-14-4-5-16-6-7(14)8-12-9(15-13-8)10(11)2-3-10/h7H,2-6,11H2,1H3. The fourth-order valence-corrected chi connectivity index (χ4v) is 3.09. The summed E-state index contributed by atoms with van der Waals surface area (Å²) in [6.45, 7) is 1.08. The van der Waals surface area contributed by atoms with Crippen molar-refractivity contribution in [3.8, 4) is 0 Å². The van der Waals surface area contributed by atoms with Gasteiger partial charge >= 0.3 is 0 Å². The Bertz CT molecular complexity index is 390. The summed E-state index contributed by atoms with van der Waals surface area (Å²) < 4.78 is 5.27. The van der Waals surface area contributed by atoms with Gasteiger partial charge in [0.2, 0.25) is 5.89 Å². The number of nitrogens with zero attached hydrogens (tertiary/aromatic N) is 3. The van der Waals surface area contributed by atoms with Crippen molar-refractivity contribution in [1.29, 1.82) is 0 Å². The van der Waals surface area contributed by atoms with Crippen molar-refractivity contribution < 1.29 is 4.52 Å². The molecule has 3 rings (SSSR count). The Balaban J connectivity index is 1.80. The highest BCUT2D eigenvalue weighted by atomic mass is 32.2. The van der Waals surface area contributed by atoms with Gasteiger partial charge in [-0.15, -0.1) is 0 Å². The number of thioether (sulfide) groups is 1. The Morgan fingerprint density at radius 2 is 2.38 bits per heavy atom. The second-order valence-corrected chi connectivity index (χ2v) is 5.84. The largest absolute Gasteiger partial charge is 0.337 e. The van der Waals surface area contributed by atoms with Gasteiger partial charge in [0, 0.05) is 18.1 Å². The summed E-state index contributed by atoms with van der Waals surface area (Å²) in [7, 11) is 2.11. The van der Waals surface area contributed by atoms with E-state index >= 15 is 0 Å². The maximum Gasteiger partial charge on any atom is 0.246 e. The smallest absolute Gasteiger partial charge is 0.246 e. The summed E-state index contributed by atoms with van der Waals surface area (Å²) in [4.78, 5) is 6.74. The molecule has 6 heteroatoms. The molecular formula is C10H16N4OS. The first-order valence-corrected chi connectivity index (χ1v) is 6.75. The predicted octanol–water partition coefficient (Wildman–Crippen LogP) is 0.737. The zero-order chi connectivity index (χ0) is 11.2. The number of rotatable bonds is 2. The molecule has 0 aromatic carbocycles. The average molecular weight is 240 g/mol. The molecule has 1 aromatic heterocycles. The minimum absolute atomic E-state index is 0.276. The van der Waals surface area contributed by atoms with E-state index in [2.05, 4.69) is 22.1 Å². The molecule has 0 spiro atoms. The molecule has 2 fully saturated rings. The quantitative estimate of drug-likeness (QED) is 0.822. The Morgan fingerprint density at radius 1 is 1.56 bits per heavy atom. The highest BCUT2D eigenvalue weighted by Gasteiger charge is 2.46. The summed E-state index contributed by atoms with van der Waals surface area (Å²) in [5.74, 6) is 3.62. The molecule has 2 heterocycles. The monoisotopic (exact) mass is 240 g/mol. The first kappa shape index (κ1) is 10.6. The molecule has 5 nitrogen and oxygen atoms in total. The van der Waals surface area contributed by atoms with Crippen molar-refractivity contribution in [2.24, 2.45) is 5.73 Å². The maximum absolute atomic E-state index is 6.03. The van der Waals surface area contributed by atoms with E-state index in [1.807, 2.05) is 11.8 Å². The van der Waals surface area contributed by atoms with Gasteiger partial charge in [0.1, 0.15) is 0 Å². The number of aromatic nitrogens is 2. The second-order valence-electron chi connectivity index (χ2n) is 4.69. The summed E-state index contributed by atoms with van der Waals surface area (Å²) >= 11 is 1.94. The van der Waals surface area contributed by atoms with Gasteiger partial charge in [-0.1, -0.05) is 5.16 Å². The summed E-state index contributed by atoms with van der Waals surface area (Å²) in [5, 5.41) is 4.08. The van der Waals surface area contributed by atoms with E-state index in [0.29, 0.717) is 5.89 Å². The van der Waals surface area contributed by atoms with Crippen LogP contribution in [0.1, 0.15) is 30.6 Å². The Labute approximate surface area is 98.7 Å². The van der Waals surface area contributed by atoms with Gasteiger partial charge in [0.15, 0.2) is 5.82 Å². The maximum atomic E-state index is 6.03. The molecule has 2 N–H and O–H groups in total. The van der Waals surface area contributed by atoms with Crippen LogP contribution < -0.4 is 5.73 Å². The van der Waals surface area contributed by atoms with Gasteiger partial charge in [-0.3, -0.25) is 4.90 Å². The molecule has 1 atom stereocenters. The van der Waals surface area contributed by atoms with Crippen molar-refractivity contribution >= 4 is 11.8 Å². The van der Waals surface area contributed by atoms with Crippen LogP contribution in [0.5, 0.6) is 0 Å². The summed E-state index contributed by atoms with van der Waals surface area (Å²) in [6, 6.07) is 0.276. The van der Waals surface area contributed by atoms with Gasteiger partial charge in [0.25, 0.3) is 0 Å². The third-order valence-electron chi connectivity index (χ3n) is 3.35. The molecule has 88 valence electrons. The molecule has 1 unspecified atom stereocenters. The molecule has 2 aliphatic rings. The van der Waals surface area contributed by atoms with Crippen molar-refractivity contribution in [2.75, 3.05) is 25.1 Å². The Morgan fingerprint density at radius 3 is 3.06 bits per heavy atom. The van der Waals surface area contributed by atoms with Crippen LogP contribution in [-0.4, -0.2) is 40.1 Å². The number of hydrogen-bond donors (Lipinski definition) is 1. The van der Waals surface area contributed by atoms with E-state index in [4.69, 9.17) is 10.3 Å². The molecular weight excluding hydrogens is 224 g/mol. The second kappa shape index (κ2) is 3.72. The SMILES string of the molecule is CN1CCSCC1c1noc(C2(N)CC2)n1. The molecule has 1 aliphatic carbocycles. The van der Waals surface area contributed by atoms with Crippen molar-refractivity contribution in [2.45, 2.75) is 24.4 Å². The lowest BCUT2D eigenvalue weighted by atomic mass is 10.2. The molecule has 1 saturated carbocycles. The van der Waals surface area contributed by atoms with Crippen molar-refractivity contribution in [1.82, 2.24) is 15.0 Å². The lowest BCUT2D eigenvalue weighted by Crippen LogP contribution is -2.33. The fourth-order valence-electron chi connectivity index (χ4n) is 1.88. The topological polar surface area (TPSA) is 68.2 Å². The molecule has 0 amide bonds. The van der Waals surface area contributed by atoms with Gasteiger partial charge < -0.3 is 10.3 Å². The molecule has 0 radical (unpaired) electrons. The van der Waals surface area contributed by atoms with Gasteiger partial charge in [-0.05, 0) is 19.9 Å². The number of nitrogens with two attached hydrogens (primary N) is 1. The van der Waals surface area contributed by atoms with Crippen LogP contribution in [-0.2, 0) is 5.54 Å². The van der Waals surface area contributed by atoms with Crippen LogP contribution in [0.15, 0.2) is 4.52 Å². The first-order chi connectivity index (χ1) is 7.69. The molecule has 1 aromatic rings. The molecule has 1 saturated heterocycles. The summed E-state index contributed by atoms with van der Waals surface area (Å²) in [5.41, 5.74) is 5.72. The average Bonchev–Trinajstić information content (AvgIpc) is 2.84. The zero-order valence-electron chi connectivity index (χ0n) is 9.35. The molecule has 16 heavy (non-hydrogen) atoms. The van der Waals surface area contributed by atoms with Crippen molar-refractivity contribution in [3.05, 3.63) is 11.7 Å². The first-order valence-electron chi connectivity index (χ1n) is 5.60. The Kier molecular flexibility index (Phi) is 2.45. The normalized spacial score (nSPS) is 29.2. The zero-order valence-corrected chi connectivity index (χ0v) is 10.2. The molecule has 0 bridgehead atoms. The van der Waals surface area contributed by atoms with E-state index in [1.165, 1.54) is 5.75 Å².